The van der Waals surface area contributed by atoms with E-state index in [1.54, 1.807) is 6.07 Å². The molecule has 3 aliphatic heterocycles. The highest BCUT2D eigenvalue weighted by atomic mass is 32.2. The predicted molar refractivity (Wildman–Crippen MR) is 120 cm³/mol. The summed E-state index contributed by atoms with van der Waals surface area (Å²) in [4.78, 5) is 26.2. The third kappa shape index (κ3) is 5.31. The molecule has 0 spiro atoms. The Hall–Kier alpha value is -2.38. The van der Waals surface area contributed by atoms with Crippen molar-refractivity contribution in [3.8, 4) is 11.5 Å². The number of fused-ring (bicyclic) bond motifs is 1. The van der Waals surface area contributed by atoms with Crippen LogP contribution in [0.1, 0.15) is 19.3 Å². The van der Waals surface area contributed by atoms with Crippen LogP contribution in [0.4, 0.5) is 0 Å². The molecule has 3 heterocycles. The van der Waals surface area contributed by atoms with Crippen LogP contribution < -0.4 is 9.47 Å². The molecule has 0 radical (unpaired) electrons. The molecule has 1 amide bonds. The molecule has 0 bridgehead atoms. The van der Waals surface area contributed by atoms with Gasteiger partial charge in [0.25, 0.3) is 5.91 Å². The number of ether oxygens (including phenoxy) is 3. The molecular formula is C21H28N2O9S2. The third-order valence-corrected chi connectivity index (χ3v) is 10.1. The number of carbonyl (C=O) groups is 2. The van der Waals surface area contributed by atoms with Gasteiger partial charge in [0.2, 0.25) is 10.0 Å². The van der Waals surface area contributed by atoms with Gasteiger partial charge < -0.3 is 19.1 Å². The van der Waals surface area contributed by atoms with Crippen molar-refractivity contribution in [2.75, 3.05) is 51.5 Å². The minimum absolute atomic E-state index is 0.0445. The summed E-state index contributed by atoms with van der Waals surface area (Å²) in [6, 6.07) is 4.08. The van der Waals surface area contributed by atoms with Crippen molar-refractivity contribution in [3.05, 3.63) is 18.2 Å². The number of piperidine rings is 1. The van der Waals surface area contributed by atoms with Gasteiger partial charge in [0.1, 0.15) is 13.2 Å². The molecule has 1 aromatic rings. The van der Waals surface area contributed by atoms with E-state index in [-0.39, 0.29) is 42.3 Å². The number of sulfone groups is 1. The molecule has 34 heavy (non-hydrogen) atoms. The van der Waals surface area contributed by atoms with Crippen LogP contribution in [0.5, 0.6) is 11.5 Å². The Labute approximate surface area is 198 Å². The largest absolute Gasteiger partial charge is 0.486 e. The fourth-order valence-electron chi connectivity index (χ4n) is 4.30. The summed E-state index contributed by atoms with van der Waals surface area (Å²) in [5.41, 5.74) is 0. The quantitative estimate of drug-likeness (QED) is 0.480. The molecule has 0 unspecified atom stereocenters. The number of rotatable bonds is 6. The van der Waals surface area contributed by atoms with Crippen LogP contribution in [-0.2, 0) is 34.2 Å². The SMILES string of the molecule is CN(C(=O)COC(=O)C1CCN(S(=O)(=O)c2ccc3c(c2)OCCO3)CC1)[C@@H]1CCS(=O)(=O)C1. The van der Waals surface area contributed by atoms with E-state index in [0.29, 0.717) is 31.1 Å². The number of hydrogen-bond acceptors (Lipinski definition) is 9. The molecule has 1 aromatic carbocycles. The van der Waals surface area contributed by atoms with Gasteiger partial charge in [-0.3, -0.25) is 9.59 Å². The molecule has 11 nitrogen and oxygen atoms in total. The standard InChI is InChI=1S/C21H28N2O9S2/c1-22(16-6-11-33(26,27)14-16)20(24)13-32-21(25)15-4-7-23(8-5-15)34(28,29)17-2-3-18-19(12-17)31-10-9-30-18/h2-3,12,15-16H,4-11,13-14H2,1H3/t16-/m1/s1. The van der Waals surface area contributed by atoms with E-state index in [1.165, 1.54) is 28.4 Å². The van der Waals surface area contributed by atoms with Crippen LogP contribution in [0.2, 0.25) is 0 Å². The van der Waals surface area contributed by atoms with E-state index in [2.05, 4.69) is 0 Å². The molecule has 3 aliphatic rings. The molecule has 1 atom stereocenters. The van der Waals surface area contributed by atoms with Crippen LogP contribution in [-0.4, -0.2) is 95.4 Å². The van der Waals surface area contributed by atoms with Crippen molar-refractivity contribution in [2.24, 2.45) is 5.92 Å². The van der Waals surface area contributed by atoms with Crippen molar-refractivity contribution in [1.29, 1.82) is 0 Å². The summed E-state index contributed by atoms with van der Waals surface area (Å²) < 4.78 is 66.7. The monoisotopic (exact) mass is 516 g/mol. The fraction of sp³-hybridized carbons (Fsp3) is 0.619. The van der Waals surface area contributed by atoms with Gasteiger partial charge >= 0.3 is 5.97 Å². The van der Waals surface area contributed by atoms with Gasteiger partial charge in [-0.2, -0.15) is 4.31 Å². The number of nitrogens with zero attached hydrogens (tertiary/aromatic N) is 2. The molecule has 2 fully saturated rings. The van der Waals surface area contributed by atoms with Crippen LogP contribution >= 0.6 is 0 Å². The maximum absolute atomic E-state index is 13.0. The van der Waals surface area contributed by atoms with Gasteiger partial charge in [-0.05, 0) is 31.4 Å². The van der Waals surface area contributed by atoms with Crippen LogP contribution in [0, 0.1) is 5.92 Å². The molecule has 0 saturated carbocycles. The second-order valence-corrected chi connectivity index (χ2v) is 12.8. The number of sulfonamides is 1. The summed E-state index contributed by atoms with van der Waals surface area (Å²) in [5.74, 6) is -0.692. The van der Waals surface area contributed by atoms with Gasteiger partial charge in [-0.25, -0.2) is 16.8 Å². The van der Waals surface area contributed by atoms with Crippen molar-refractivity contribution < 1.29 is 40.6 Å². The summed E-state index contributed by atoms with van der Waals surface area (Å²) in [7, 11) is -5.40. The number of esters is 1. The van der Waals surface area contributed by atoms with Gasteiger partial charge in [-0.1, -0.05) is 0 Å². The highest BCUT2D eigenvalue weighted by molar-refractivity contribution is 7.91. The Morgan fingerprint density at radius 3 is 2.44 bits per heavy atom. The Bertz CT molecular complexity index is 1160. The maximum Gasteiger partial charge on any atom is 0.309 e. The first-order valence-corrected chi connectivity index (χ1v) is 14.4. The zero-order chi connectivity index (χ0) is 24.5. The summed E-state index contributed by atoms with van der Waals surface area (Å²) >= 11 is 0. The number of hydrogen-bond donors (Lipinski definition) is 0. The summed E-state index contributed by atoms with van der Waals surface area (Å²) in [6.45, 7) is 0.575. The second-order valence-electron chi connectivity index (χ2n) is 8.65. The smallest absolute Gasteiger partial charge is 0.309 e. The zero-order valence-electron chi connectivity index (χ0n) is 18.8. The molecule has 0 aromatic heterocycles. The van der Waals surface area contributed by atoms with Crippen molar-refractivity contribution >= 4 is 31.7 Å². The molecule has 2 saturated heterocycles. The average Bonchev–Trinajstić information content (AvgIpc) is 3.21. The summed E-state index contributed by atoms with van der Waals surface area (Å²) in [5, 5.41) is 0. The lowest BCUT2D eigenvalue weighted by molar-refractivity contribution is -0.156. The van der Waals surface area contributed by atoms with Crippen LogP contribution in [0.3, 0.4) is 0 Å². The normalized spacial score (nSPS) is 22.8. The van der Waals surface area contributed by atoms with Crippen LogP contribution in [0.15, 0.2) is 23.1 Å². The number of amides is 1. The highest BCUT2D eigenvalue weighted by Gasteiger charge is 2.35. The van der Waals surface area contributed by atoms with E-state index in [1.807, 2.05) is 0 Å². The predicted octanol–water partition coefficient (Wildman–Crippen LogP) is 0.0472. The average molecular weight is 517 g/mol. The molecule has 0 N–H and O–H groups in total. The lowest BCUT2D eigenvalue weighted by Gasteiger charge is -2.30. The molecule has 4 rings (SSSR count). The molecule has 188 valence electrons. The Kier molecular flexibility index (Phi) is 7.06. The molecular weight excluding hydrogens is 488 g/mol. The van der Waals surface area contributed by atoms with E-state index < -0.39 is 50.3 Å². The number of likely N-dealkylation sites (N-methyl/N-ethyl adjacent to an activating group) is 1. The van der Waals surface area contributed by atoms with E-state index in [0.717, 1.165) is 0 Å². The minimum Gasteiger partial charge on any atom is -0.486 e. The van der Waals surface area contributed by atoms with E-state index in [4.69, 9.17) is 14.2 Å². The van der Waals surface area contributed by atoms with E-state index >= 15 is 0 Å². The zero-order valence-corrected chi connectivity index (χ0v) is 20.5. The lowest BCUT2D eigenvalue weighted by atomic mass is 9.98. The number of carbonyl (C=O) groups excluding carboxylic acids is 2. The molecule has 0 aliphatic carbocycles. The van der Waals surface area contributed by atoms with Gasteiger partial charge in [0.15, 0.2) is 27.9 Å². The van der Waals surface area contributed by atoms with Crippen molar-refractivity contribution in [2.45, 2.75) is 30.2 Å². The maximum atomic E-state index is 13.0. The first-order valence-electron chi connectivity index (χ1n) is 11.1. The summed E-state index contributed by atoms with van der Waals surface area (Å²) in [6.07, 6.45) is 0.913. The topological polar surface area (TPSA) is 137 Å². The van der Waals surface area contributed by atoms with Crippen molar-refractivity contribution in [3.63, 3.8) is 0 Å². The number of benzene rings is 1. The van der Waals surface area contributed by atoms with Gasteiger partial charge in [-0.15, -0.1) is 0 Å². The first-order chi connectivity index (χ1) is 16.1. The lowest BCUT2D eigenvalue weighted by Crippen LogP contribution is -2.42. The third-order valence-electron chi connectivity index (χ3n) is 6.43. The van der Waals surface area contributed by atoms with Crippen LogP contribution in [0.25, 0.3) is 0 Å². The van der Waals surface area contributed by atoms with Gasteiger partial charge in [0.05, 0.1) is 22.3 Å². The highest BCUT2D eigenvalue weighted by Crippen LogP contribution is 2.34. The Morgan fingerprint density at radius 1 is 1.12 bits per heavy atom. The fourth-order valence-corrected chi connectivity index (χ4v) is 7.56. The Morgan fingerprint density at radius 2 is 1.79 bits per heavy atom. The second kappa shape index (κ2) is 9.70. The van der Waals surface area contributed by atoms with Crippen molar-refractivity contribution in [1.82, 2.24) is 9.21 Å². The van der Waals surface area contributed by atoms with E-state index in [9.17, 15) is 26.4 Å². The van der Waals surface area contributed by atoms with Gasteiger partial charge in [0, 0.05) is 32.2 Å². The Balaban J connectivity index is 1.27. The minimum atomic E-state index is -3.76. The molecule has 13 heteroatoms. The first kappa shape index (κ1) is 24.7.